The summed E-state index contributed by atoms with van der Waals surface area (Å²) in [5.41, 5.74) is 7.27. The zero-order valence-corrected chi connectivity index (χ0v) is 20.3. The zero-order chi connectivity index (χ0) is 21.8. The Kier molecular flexibility index (Phi) is 4.78. The molecule has 5 unspecified atom stereocenters. The van der Waals surface area contributed by atoms with Crippen LogP contribution in [-0.4, -0.2) is 35.6 Å². The van der Waals surface area contributed by atoms with Crippen LogP contribution in [0.5, 0.6) is 0 Å². The summed E-state index contributed by atoms with van der Waals surface area (Å²) < 4.78 is 6.70. The molecule has 6 aliphatic rings. The van der Waals surface area contributed by atoms with E-state index in [4.69, 9.17) is 10.5 Å². The summed E-state index contributed by atoms with van der Waals surface area (Å²) in [7, 11) is 0. The number of piperidine rings is 1. The summed E-state index contributed by atoms with van der Waals surface area (Å²) in [6, 6.07) is 0.525. The molecule has 6 rings (SSSR count). The molecule has 4 heteroatoms. The summed E-state index contributed by atoms with van der Waals surface area (Å²) in [6.07, 6.45) is 11.5. The van der Waals surface area contributed by atoms with E-state index >= 15 is 0 Å². The van der Waals surface area contributed by atoms with Gasteiger partial charge in [0.2, 0.25) is 0 Å². The van der Waals surface area contributed by atoms with Gasteiger partial charge in [-0.1, -0.05) is 27.7 Å². The van der Waals surface area contributed by atoms with Crippen molar-refractivity contribution in [2.45, 2.75) is 109 Å². The highest BCUT2D eigenvalue weighted by Crippen LogP contribution is 2.69. The third-order valence-electron chi connectivity index (χ3n) is 12.1. The lowest BCUT2D eigenvalue weighted by Crippen LogP contribution is -2.68. The van der Waals surface area contributed by atoms with E-state index in [0.717, 1.165) is 36.6 Å². The Morgan fingerprint density at radius 3 is 2.55 bits per heavy atom. The highest BCUT2D eigenvalue weighted by molar-refractivity contribution is 5.15. The molecule has 2 saturated heterocycles. The first-order chi connectivity index (χ1) is 14.7. The maximum Gasteiger partial charge on any atom is 0.181 e. The number of nitrogens with one attached hydrogen (secondary N) is 1. The van der Waals surface area contributed by atoms with Crippen molar-refractivity contribution < 1.29 is 9.84 Å². The van der Waals surface area contributed by atoms with Crippen LogP contribution in [0.15, 0.2) is 0 Å². The average Bonchev–Trinajstić information content (AvgIpc) is 2.99. The fourth-order valence-electron chi connectivity index (χ4n) is 10.8. The summed E-state index contributed by atoms with van der Waals surface area (Å²) in [6.45, 7) is 10.9. The molecule has 4 aliphatic carbocycles. The fraction of sp³-hybridized carbons (Fsp3) is 1.00. The Bertz CT molecular complexity index is 730. The number of rotatable bonds is 0. The van der Waals surface area contributed by atoms with Crippen molar-refractivity contribution in [3.8, 4) is 0 Å². The fourth-order valence-corrected chi connectivity index (χ4v) is 10.8. The molecule has 6 fully saturated rings. The Hall–Kier alpha value is -0.160. The van der Waals surface area contributed by atoms with Crippen LogP contribution in [0, 0.1) is 52.3 Å². The van der Waals surface area contributed by atoms with Crippen LogP contribution in [0.2, 0.25) is 0 Å². The lowest BCUT2D eigenvalue weighted by molar-refractivity contribution is -0.310. The molecular weight excluding hydrogens is 384 g/mol. The maximum atomic E-state index is 11.6. The number of nitrogens with two attached hydrogens (primary N) is 1. The molecule has 176 valence electrons. The molecule has 2 aliphatic heterocycles. The minimum absolute atomic E-state index is 0.0892. The van der Waals surface area contributed by atoms with Crippen molar-refractivity contribution in [1.82, 2.24) is 5.32 Å². The SMILES string of the molecule is C[C@H]1CNC2[C@@H](C)C3[C@@H](CC4[C@@H]5CCC6C[C@@H](N)CC[C@]6(C)C5CC[C@@]43C)O[C@@]2(O)C1. The number of hydrogen-bond donors (Lipinski definition) is 3. The topological polar surface area (TPSA) is 67.5 Å². The molecule has 0 spiro atoms. The molecule has 4 N–H and O–H groups in total. The van der Waals surface area contributed by atoms with E-state index in [0.29, 0.717) is 34.6 Å². The second kappa shape index (κ2) is 6.93. The van der Waals surface area contributed by atoms with E-state index in [1.54, 1.807) is 0 Å². The predicted octanol–water partition coefficient (Wildman–Crippen LogP) is 4.30. The third kappa shape index (κ3) is 2.87. The van der Waals surface area contributed by atoms with Gasteiger partial charge in [-0.2, -0.15) is 0 Å². The number of fused-ring (bicyclic) bond motifs is 8. The van der Waals surface area contributed by atoms with Gasteiger partial charge in [0.25, 0.3) is 0 Å². The normalized spacial score (nSPS) is 63.3. The molecule has 2 heterocycles. The Balaban J connectivity index is 1.30. The van der Waals surface area contributed by atoms with E-state index in [1.165, 1.54) is 51.4 Å². The molecule has 0 aromatic carbocycles. The van der Waals surface area contributed by atoms with Crippen LogP contribution in [0.25, 0.3) is 0 Å². The number of hydrogen-bond acceptors (Lipinski definition) is 4. The molecule has 4 saturated carbocycles. The standard InChI is InChI=1S/C27H46N2O2/c1-15-13-27(30)24(29-14-15)16(2)23-22(31-27)12-21-19-6-5-17-11-18(28)7-9-25(17,3)20(19)8-10-26(21,23)4/h15-24,29-30H,5-14,28H2,1-4H3/t15-,16+,17?,18+,19-,20?,21?,22-,23?,24?,25+,26+,27+/m1/s1. The van der Waals surface area contributed by atoms with Gasteiger partial charge in [0, 0.05) is 12.5 Å². The number of aliphatic hydroxyl groups is 1. The molecule has 0 aromatic heterocycles. The van der Waals surface area contributed by atoms with Crippen molar-refractivity contribution >= 4 is 0 Å². The first-order valence-electron chi connectivity index (χ1n) is 13.5. The molecule has 0 radical (unpaired) electrons. The van der Waals surface area contributed by atoms with Crippen molar-refractivity contribution in [1.29, 1.82) is 0 Å². The van der Waals surface area contributed by atoms with Crippen LogP contribution in [0.4, 0.5) is 0 Å². The van der Waals surface area contributed by atoms with Gasteiger partial charge in [-0.15, -0.1) is 0 Å². The van der Waals surface area contributed by atoms with Crippen LogP contribution in [0.1, 0.15) is 85.5 Å². The molecule has 31 heavy (non-hydrogen) atoms. The van der Waals surface area contributed by atoms with Crippen molar-refractivity contribution in [2.75, 3.05) is 6.54 Å². The summed E-state index contributed by atoms with van der Waals surface area (Å²) >= 11 is 0. The second-order valence-corrected chi connectivity index (χ2v) is 13.6. The van der Waals surface area contributed by atoms with Crippen LogP contribution < -0.4 is 11.1 Å². The van der Waals surface area contributed by atoms with Crippen LogP contribution in [0.3, 0.4) is 0 Å². The van der Waals surface area contributed by atoms with Gasteiger partial charge in [-0.05, 0) is 110 Å². The van der Waals surface area contributed by atoms with Gasteiger partial charge in [0.1, 0.15) is 0 Å². The van der Waals surface area contributed by atoms with Crippen LogP contribution in [-0.2, 0) is 4.74 Å². The van der Waals surface area contributed by atoms with Gasteiger partial charge in [-0.3, -0.25) is 0 Å². The largest absolute Gasteiger partial charge is 0.364 e. The Morgan fingerprint density at radius 2 is 1.74 bits per heavy atom. The molecule has 4 nitrogen and oxygen atoms in total. The monoisotopic (exact) mass is 430 g/mol. The predicted molar refractivity (Wildman–Crippen MR) is 123 cm³/mol. The van der Waals surface area contributed by atoms with Gasteiger partial charge < -0.3 is 20.9 Å². The first kappa shape index (κ1) is 21.4. The molecular formula is C27H46N2O2. The second-order valence-electron chi connectivity index (χ2n) is 13.6. The quantitative estimate of drug-likeness (QED) is 0.536. The van der Waals surface area contributed by atoms with E-state index in [1.807, 2.05) is 0 Å². The van der Waals surface area contributed by atoms with Crippen molar-refractivity contribution in [2.24, 2.45) is 58.0 Å². The zero-order valence-electron chi connectivity index (χ0n) is 20.3. The first-order valence-corrected chi connectivity index (χ1v) is 13.5. The Morgan fingerprint density at radius 1 is 0.968 bits per heavy atom. The van der Waals surface area contributed by atoms with E-state index in [-0.39, 0.29) is 12.1 Å². The lowest BCUT2D eigenvalue weighted by atomic mass is 9.44. The summed E-state index contributed by atoms with van der Waals surface area (Å²) in [5.74, 6) is 3.88. The van der Waals surface area contributed by atoms with Crippen molar-refractivity contribution in [3.63, 3.8) is 0 Å². The minimum atomic E-state index is -0.968. The smallest absolute Gasteiger partial charge is 0.181 e. The van der Waals surface area contributed by atoms with E-state index < -0.39 is 5.79 Å². The average molecular weight is 431 g/mol. The minimum Gasteiger partial charge on any atom is -0.364 e. The van der Waals surface area contributed by atoms with Crippen LogP contribution >= 0.6 is 0 Å². The molecule has 0 amide bonds. The van der Waals surface area contributed by atoms with Gasteiger partial charge in [-0.25, -0.2) is 0 Å². The third-order valence-corrected chi connectivity index (χ3v) is 12.1. The van der Waals surface area contributed by atoms with Crippen molar-refractivity contribution in [3.05, 3.63) is 0 Å². The molecule has 0 aromatic rings. The lowest BCUT2D eigenvalue weighted by Gasteiger charge is -2.62. The van der Waals surface area contributed by atoms with Gasteiger partial charge in [0.05, 0.1) is 12.1 Å². The highest BCUT2D eigenvalue weighted by atomic mass is 16.6. The van der Waals surface area contributed by atoms with Gasteiger partial charge in [0.15, 0.2) is 5.79 Å². The number of ether oxygens (including phenoxy) is 1. The van der Waals surface area contributed by atoms with E-state index in [9.17, 15) is 5.11 Å². The summed E-state index contributed by atoms with van der Waals surface area (Å²) in [5, 5.41) is 15.3. The molecule has 13 atom stereocenters. The summed E-state index contributed by atoms with van der Waals surface area (Å²) in [4.78, 5) is 0. The van der Waals surface area contributed by atoms with Gasteiger partial charge >= 0.3 is 0 Å². The maximum absolute atomic E-state index is 11.6. The van der Waals surface area contributed by atoms with E-state index in [2.05, 4.69) is 33.0 Å². The Labute approximate surface area is 189 Å². The highest BCUT2D eigenvalue weighted by Gasteiger charge is 2.67. The molecule has 0 bridgehead atoms.